The lowest BCUT2D eigenvalue weighted by atomic mass is 10.1. The number of hydrogen-bond donors (Lipinski definition) is 1. The maximum Gasteiger partial charge on any atom is 0.216 e. The van der Waals surface area contributed by atoms with Crippen LogP contribution in [0, 0.1) is 6.92 Å². The van der Waals surface area contributed by atoms with Gasteiger partial charge in [0.1, 0.15) is 5.75 Å². The van der Waals surface area contributed by atoms with Crippen LogP contribution in [0.25, 0.3) is 0 Å². The number of nitrogens with one attached hydrogen (secondary N) is 1. The quantitative estimate of drug-likeness (QED) is 0.851. The van der Waals surface area contributed by atoms with E-state index in [4.69, 9.17) is 4.74 Å². The molecule has 1 aromatic carbocycles. The van der Waals surface area contributed by atoms with Gasteiger partial charge in [0.05, 0.1) is 6.10 Å². The topological polar surface area (TPSA) is 38.3 Å². The Hall–Kier alpha value is -1.51. The molecule has 0 radical (unpaired) electrons. The van der Waals surface area contributed by atoms with Gasteiger partial charge in [-0.2, -0.15) is 0 Å². The normalized spacial score (nSPS) is 10.4. The highest BCUT2D eigenvalue weighted by molar-refractivity contribution is 5.72. The van der Waals surface area contributed by atoms with Crippen LogP contribution in [0.4, 0.5) is 0 Å². The predicted molar refractivity (Wildman–Crippen MR) is 69.3 cm³/mol. The van der Waals surface area contributed by atoms with Gasteiger partial charge in [0.25, 0.3) is 0 Å². The van der Waals surface area contributed by atoms with Gasteiger partial charge in [-0.25, -0.2) is 0 Å². The van der Waals surface area contributed by atoms with E-state index in [1.807, 2.05) is 32.9 Å². The minimum absolute atomic E-state index is 0.0153. The Morgan fingerprint density at radius 3 is 2.65 bits per heavy atom. The fraction of sp³-hybridized carbons (Fsp3) is 0.500. The standard InChI is InChI=1S/C14H21NO2/c1-10(2)17-14-6-5-13(9-11(14)3)7-8-15-12(4)16/h5-6,9-10H,7-8H2,1-4H3,(H,15,16). The van der Waals surface area contributed by atoms with Crippen LogP contribution >= 0.6 is 0 Å². The van der Waals surface area contributed by atoms with E-state index in [1.165, 1.54) is 12.5 Å². The molecule has 0 fully saturated rings. The molecule has 1 N–H and O–H groups in total. The Morgan fingerprint density at radius 1 is 1.41 bits per heavy atom. The first-order valence-corrected chi connectivity index (χ1v) is 5.99. The maximum absolute atomic E-state index is 10.7. The third kappa shape index (κ3) is 4.89. The van der Waals surface area contributed by atoms with Crippen LogP contribution in [0.15, 0.2) is 18.2 Å². The van der Waals surface area contributed by atoms with Crippen LogP contribution in [0.1, 0.15) is 31.9 Å². The second-order valence-electron chi connectivity index (χ2n) is 4.50. The fourth-order valence-electron chi connectivity index (χ4n) is 1.64. The first-order chi connectivity index (χ1) is 7.99. The minimum Gasteiger partial charge on any atom is -0.491 e. The van der Waals surface area contributed by atoms with Crippen molar-refractivity contribution < 1.29 is 9.53 Å². The van der Waals surface area contributed by atoms with Crippen molar-refractivity contribution in [1.82, 2.24) is 5.32 Å². The molecule has 1 amide bonds. The Balaban J connectivity index is 2.59. The van der Waals surface area contributed by atoms with Gasteiger partial charge in [-0.1, -0.05) is 12.1 Å². The molecule has 3 nitrogen and oxygen atoms in total. The molecule has 17 heavy (non-hydrogen) atoms. The maximum atomic E-state index is 10.7. The third-order valence-corrected chi connectivity index (χ3v) is 2.39. The Labute approximate surface area is 103 Å². The molecule has 0 spiro atoms. The lowest BCUT2D eigenvalue weighted by molar-refractivity contribution is -0.118. The number of carbonyl (C=O) groups excluding carboxylic acids is 1. The molecule has 0 unspecified atom stereocenters. The summed E-state index contributed by atoms with van der Waals surface area (Å²) in [6.45, 7) is 8.29. The van der Waals surface area contributed by atoms with Gasteiger partial charge in [0, 0.05) is 13.5 Å². The Morgan fingerprint density at radius 2 is 2.12 bits per heavy atom. The van der Waals surface area contributed by atoms with E-state index in [-0.39, 0.29) is 12.0 Å². The first kappa shape index (κ1) is 13.6. The van der Waals surface area contributed by atoms with Crippen molar-refractivity contribution in [3.05, 3.63) is 29.3 Å². The molecule has 0 saturated heterocycles. The highest BCUT2D eigenvalue weighted by Crippen LogP contribution is 2.20. The number of aryl methyl sites for hydroxylation is 1. The molecule has 0 aliphatic heterocycles. The molecule has 1 aromatic rings. The Bertz CT molecular complexity index is 386. The summed E-state index contributed by atoms with van der Waals surface area (Å²) in [5.41, 5.74) is 2.35. The molecule has 0 heterocycles. The molecule has 0 bridgehead atoms. The second kappa shape index (κ2) is 6.28. The van der Waals surface area contributed by atoms with Crippen molar-refractivity contribution in [2.75, 3.05) is 6.54 Å². The predicted octanol–water partition coefficient (Wildman–Crippen LogP) is 2.46. The van der Waals surface area contributed by atoms with Crippen LogP contribution in [-0.4, -0.2) is 18.6 Å². The molecule has 0 saturated carbocycles. The molecule has 0 aliphatic rings. The summed E-state index contributed by atoms with van der Waals surface area (Å²) in [5, 5.41) is 2.79. The second-order valence-corrected chi connectivity index (χ2v) is 4.50. The van der Waals surface area contributed by atoms with Crippen molar-refractivity contribution in [1.29, 1.82) is 0 Å². The smallest absolute Gasteiger partial charge is 0.216 e. The van der Waals surface area contributed by atoms with Crippen LogP contribution in [-0.2, 0) is 11.2 Å². The average molecular weight is 235 g/mol. The molecule has 0 aliphatic carbocycles. The van der Waals surface area contributed by atoms with E-state index < -0.39 is 0 Å². The molecule has 3 heteroatoms. The first-order valence-electron chi connectivity index (χ1n) is 5.99. The summed E-state index contributed by atoms with van der Waals surface area (Å²) in [6.07, 6.45) is 1.04. The van der Waals surface area contributed by atoms with Crippen molar-refractivity contribution in [2.45, 2.75) is 40.2 Å². The van der Waals surface area contributed by atoms with E-state index in [2.05, 4.69) is 11.4 Å². The van der Waals surface area contributed by atoms with E-state index >= 15 is 0 Å². The Kier molecular flexibility index (Phi) is 5.01. The zero-order valence-corrected chi connectivity index (χ0v) is 11.0. The van der Waals surface area contributed by atoms with Gasteiger partial charge in [0.15, 0.2) is 0 Å². The van der Waals surface area contributed by atoms with Gasteiger partial charge >= 0.3 is 0 Å². The summed E-state index contributed by atoms with van der Waals surface area (Å²) in [7, 11) is 0. The van der Waals surface area contributed by atoms with Crippen molar-refractivity contribution in [2.24, 2.45) is 0 Å². The van der Waals surface area contributed by atoms with Gasteiger partial charge < -0.3 is 10.1 Å². The lowest BCUT2D eigenvalue weighted by Crippen LogP contribution is -2.22. The number of hydrogen-bond acceptors (Lipinski definition) is 2. The highest BCUT2D eigenvalue weighted by atomic mass is 16.5. The number of carbonyl (C=O) groups is 1. The number of rotatable bonds is 5. The van der Waals surface area contributed by atoms with Crippen molar-refractivity contribution in [3.8, 4) is 5.75 Å². The summed E-state index contributed by atoms with van der Waals surface area (Å²) < 4.78 is 5.67. The number of amides is 1. The van der Waals surface area contributed by atoms with E-state index in [0.29, 0.717) is 6.54 Å². The molecule has 1 rings (SSSR count). The van der Waals surface area contributed by atoms with E-state index in [1.54, 1.807) is 0 Å². The van der Waals surface area contributed by atoms with Crippen molar-refractivity contribution >= 4 is 5.91 Å². The highest BCUT2D eigenvalue weighted by Gasteiger charge is 2.03. The average Bonchev–Trinajstić information content (AvgIpc) is 2.21. The SMILES string of the molecule is CC(=O)NCCc1ccc(OC(C)C)c(C)c1. The minimum atomic E-state index is 0.0153. The van der Waals surface area contributed by atoms with E-state index in [0.717, 1.165) is 17.7 Å². The zero-order chi connectivity index (χ0) is 12.8. The van der Waals surface area contributed by atoms with Crippen LogP contribution in [0.2, 0.25) is 0 Å². The molecule has 0 atom stereocenters. The summed E-state index contributed by atoms with van der Waals surface area (Å²) in [6, 6.07) is 6.16. The molecule has 0 aromatic heterocycles. The largest absolute Gasteiger partial charge is 0.491 e. The summed E-state index contributed by atoms with van der Waals surface area (Å²) in [4.78, 5) is 10.7. The lowest BCUT2D eigenvalue weighted by Gasteiger charge is -2.13. The zero-order valence-electron chi connectivity index (χ0n) is 11.0. The number of ether oxygens (including phenoxy) is 1. The number of benzene rings is 1. The van der Waals surface area contributed by atoms with Gasteiger partial charge in [-0.3, -0.25) is 4.79 Å². The third-order valence-electron chi connectivity index (χ3n) is 2.39. The van der Waals surface area contributed by atoms with Crippen molar-refractivity contribution in [3.63, 3.8) is 0 Å². The van der Waals surface area contributed by atoms with Crippen LogP contribution in [0.3, 0.4) is 0 Å². The summed E-state index contributed by atoms with van der Waals surface area (Å²) in [5.74, 6) is 0.949. The van der Waals surface area contributed by atoms with Gasteiger partial charge in [-0.15, -0.1) is 0 Å². The van der Waals surface area contributed by atoms with E-state index in [9.17, 15) is 4.79 Å². The van der Waals surface area contributed by atoms with Gasteiger partial charge in [0.2, 0.25) is 5.91 Å². The molecule has 94 valence electrons. The van der Waals surface area contributed by atoms with Crippen LogP contribution in [0.5, 0.6) is 5.75 Å². The van der Waals surface area contributed by atoms with Crippen LogP contribution < -0.4 is 10.1 Å². The summed E-state index contributed by atoms with van der Waals surface area (Å²) >= 11 is 0. The molecular weight excluding hydrogens is 214 g/mol. The van der Waals surface area contributed by atoms with Gasteiger partial charge in [-0.05, 0) is 44.4 Å². The monoisotopic (exact) mass is 235 g/mol. The molecular formula is C14H21NO2. The fourth-order valence-corrected chi connectivity index (χ4v) is 1.64.